The number of aryl methyl sites for hydroxylation is 1. The first-order valence-corrected chi connectivity index (χ1v) is 8.24. The molecule has 0 N–H and O–H groups in total. The summed E-state index contributed by atoms with van der Waals surface area (Å²) in [6, 6.07) is 1.84. The number of fused-ring (bicyclic) bond motifs is 2. The van der Waals surface area contributed by atoms with Gasteiger partial charge in [0, 0.05) is 50.8 Å². The van der Waals surface area contributed by atoms with Crippen LogP contribution < -0.4 is 9.80 Å². The Hall–Kier alpha value is -2.28. The van der Waals surface area contributed by atoms with E-state index in [9.17, 15) is 0 Å². The van der Waals surface area contributed by atoms with Gasteiger partial charge in [-0.1, -0.05) is 0 Å². The number of hydrogen-bond donors (Lipinski definition) is 0. The van der Waals surface area contributed by atoms with Gasteiger partial charge in [0.2, 0.25) is 11.9 Å². The Morgan fingerprint density at radius 2 is 2.00 bits per heavy atom. The second kappa shape index (κ2) is 5.66. The van der Waals surface area contributed by atoms with Gasteiger partial charge in [0.1, 0.15) is 0 Å². The summed E-state index contributed by atoms with van der Waals surface area (Å²) in [6.45, 7) is 5.06. The Morgan fingerprint density at radius 3 is 2.75 bits per heavy atom. The van der Waals surface area contributed by atoms with Crippen LogP contribution in [0.4, 0.5) is 11.9 Å². The van der Waals surface area contributed by atoms with Crippen molar-refractivity contribution >= 4 is 11.9 Å². The summed E-state index contributed by atoms with van der Waals surface area (Å²) in [5.74, 6) is 1.54. The zero-order valence-electron chi connectivity index (χ0n) is 14.4. The van der Waals surface area contributed by atoms with E-state index in [1.165, 1.54) is 0 Å². The Bertz CT molecular complexity index is 750. The molecule has 0 aromatic carbocycles. The topological polar surface area (TPSA) is 67.3 Å². The highest BCUT2D eigenvalue weighted by Gasteiger charge is 2.46. The predicted octanol–water partition coefficient (Wildman–Crippen LogP) is 1.32. The minimum atomic E-state index is -0.106. The van der Waals surface area contributed by atoms with E-state index < -0.39 is 0 Å². The standard InChI is InChI=1S/C17H22N6O/c1-12-13-9-24-11-17(14(13)21-16(20-12)22(2)3)5-8-23(10-17)15-18-6-4-7-19-15/h4,6-7H,5,8-11H2,1-3H3/t17-/m1/s1. The lowest BCUT2D eigenvalue weighted by molar-refractivity contribution is 0.0552. The molecule has 0 radical (unpaired) electrons. The van der Waals surface area contributed by atoms with Crippen molar-refractivity contribution in [1.82, 2.24) is 19.9 Å². The first-order valence-electron chi connectivity index (χ1n) is 8.24. The van der Waals surface area contributed by atoms with Crippen molar-refractivity contribution in [3.05, 3.63) is 35.4 Å². The molecule has 0 amide bonds. The molecular formula is C17H22N6O. The average molecular weight is 326 g/mol. The lowest BCUT2D eigenvalue weighted by atomic mass is 9.80. The lowest BCUT2D eigenvalue weighted by Crippen LogP contribution is -2.41. The van der Waals surface area contributed by atoms with Gasteiger partial charge >= 0.3 is 0 Å². The molecule has 126 valence electrons. The molecule has 1 saturated heterocycles. The zero-order valence-corrected chi connectivity index (χ0v) is 14.4. The van der Waals surface area contributed by atoms with Crippen LogP contribution in [0.1, 0.15) is 23.4 Å². The third-order valence-electron chi connectivity index (χ3n) is 4.92. The van der Waals surface area contributed by atoms with Crippen molar-refractivity contribution in [2.45, 2.75) is 25.4 Å². The van der Waals surface area contributed by atoms with E-state index in [1.807, 2.05) is 32.0 Å². The summed E-state index contributed by atoms with van der Waals surface area (Å²) < 4.78 is 5.94. The van der Waals surface area contributed by atoms with E-state index in [0.29, 0.717) is 13.2 Å². The van der Waals surface area contributed by atoms with Gasteiger partial charge in [-0.2, -0.15) is 0 Å². The van der Waals surface area contributed by atoms with Crippen LogP contribution in [0.2, 0.25) is 0 Å². The Labute approximate surface area is 141 Å². The van der Waals surface area contributed by atoms with E-state index in [-0.39, 0.29) is 5.41 Å². The van der Waals surface area contributed by atoms with Gasteiger partial charge in [-0.25, -0.2) is 19.9 Å². The molecule has 7 heteroatoms. The normalized spacial score (nSPS) is 22.7. The van der Waals surface area contributed by atoms with Crippen molar-refractivity contribution in [2.75, 3.05) is 43.6 Å². The maximum atomic E-state index is 5.94. The number of anilines is 2. The summed E-state index contributed by atoms with van der Waals surface area (Å²) in [6.07, 6.45) is 4.56. The van der Waals surface area contributed by atoms with Gasteiger partial charge in [-0.3, -0.25) is 0 Å². The van der Waals surface area contributed by atoms with Gasteiger partial charge in [0.25, 0.3) is 0 Å². The van der Waals surface area contributed by atoms with Crippen molar-refractivity contribution in [1.29, 1.82) is 0 Å². The first kappa shape index (κ1) is 15.3. The summed E-state index contributed by atoms with van der Waals surface area (Å²) >= 11 is 0. The monoisotopic (exact) mass is 326 g/mol. The lowest BCUT2D eigenvalue weighted by Gasteiger charge is -2.35. The molecule has 2 aromatic rings. The fourth-order valence-corrected chi connectivity index (χ4v) is 3.62. The summed E-state index contributed by atoms with van der Waals surface area (Å²) in [4.78, 5) is 22.5. The Kier molecular flexibility index (Phi) is 3.60. The number of hydrogen-bond acceptors (Lipinski definition) is 7. The molecule has 0 saturated carbocycles. The predicted molar refractivity (Wildman–Crippen MR) is 91.3 cm³/mol. The smallest absolute Gasteiger partial charge is 0.225 e. The third kappa shape index (κ3) is 2.39. The fraction of sp³-hybridized carbons (Fsp3) is 0.529. The molecule has 0 unspecified atom stereocenters. The van der Waals surface area contributed by atoms with E-state index in [2.05, 4.69) is 19.9 Å². The minimum absolute atomic E-state index is 0.106. The minimum Gasteiger partial charge on any atom is -0.376 e. The van der Waals surface area contributed by atoms with Gasteiger partial charge in [-0.05, 0) is 19.4 Å². The molecule has 1 fully saturated rings. The van der Waals surface area contributed by atoms with Crippen molar-refractivity contribution < 1.29 is 4.74 Å². The van der Waals surface area contributed by atoms with Crippen molar-refractivity contribution in [3.8, 4) is 0 Å². The highest BCUT2D eigenvalue weighted by Crippen LogP contribution is 2.41. The molecule has 1 atom stereocenters. The van der Waals surface area contributed by atoms with Crippen LogP contribution in [0.5, 0.6) is 0 Å². The highest BCUT2D eigenvalue weighted by atomic mass is 16.5. The van der Waals surface area contributed by atoms with Crippen LogP contribution in [-0.4, -0.2) is 53.7 Å². The second-order valence-electron chi connectivity index (χ2n) is 6.82. The molecule has 2 aliphatic heterocycles. The van der Waals surface area contributed by atoms with E-state index >= 15 is 0 Å². The molecule has 4 rings (SSSR count). The first-order chi connectivity index (χ1) is 11.6. The molecule has 0 aliphatic carbocycles. The number of aromatic nitrogens is 4. The van der Waals surface area contributed by atoms with Gasteiger partial charge in [-0.15, -0.1) is 0 Å². The molecule has 0 bridgehead atoms. The van der Waals surface area contributed by atoms with Crippen LogP contribution in [0.15, 0.2) is 18.5 Å². The highest BCUT2D eigenvalue weighted by molar-refractivity contribution is 5.44. The van der Waals surface area contributed by atoms with Crippen LogP contribution in [0, 0.1) is 6.92 Å². The van der Waals surface area contributed by atoms with Crippen molar-refractivity contribution in [3.63, 3.8) is 0 Å². The average Bonchev–Trinajstić information content (AvgIpc) is 3.01. The molecule has 2 aliphatic rings. The van der Waals surface area contributed by atoms with Crippen LogP contribution >= 0.6 is 0 Å². The van der Waals surface area contributed by atoms with E-state index in [0.717, 1.165) is 48.4 Å². The van der Waals surface area contributed by atoms with E-state index in [4.69, 9.17) is 9.72 Å². The number of ether oxygens (including phenoxy) is 1. The van der Waals surface area contributed by atoms with Gasteiger partial charge < -0.3 is 14.5 Å². The molecule has 1 spiro atoms. The number of nitrogens with zero attached hydrogens (tertiary/aromatic N) is 6. The van der Waals surface area contributed by atoms with Crippen LogP contribution in [-0.2, 0) is 16.8 Å². The molecule has 2 aromatic heterocycles. The molecule has 7 nitrogen and oxygen atoms in total. The Morgan fingerprint density at radius 1 is 1.21 bits per heavy atom. The molecule has 24 heavy (non-hydrogen) atoms. The largest absolute Gasteiger partial charge is 0.376 e. The van der Waals surface area contributed by atoms with Gasteiger partial charge in [0.15, 0.2) is 0 Å². The maximum absolute atomic E-state index is 5.94. The van der Waals surface area contributed by atoms with Crippen LogP contribution in [0.25, 0.3) is 0 Å². The summed E-state index contributed by atoms with van der Waals surface area (Å²) in [5, 5.41) is 0. The quantitative estimate of drug-likeness (QED) is 0.824. The summed E-state index contributed by atoms with van der Waals surface area (Å²) in [7, 11) is 3.96. The Balaban J connectivity index is 1.74. The van der Waals surface area contributed by atoms with E-state index in [1.54, 1.807) is 12.4 Å². The number of rotatable bonds is 2. The fourth-order valence-electron chi connectivity index (χ4n) is 3.62. The maximum Gasteiger partial charge on any atom is 0.225 e. The molecule has 4 heterocycles. The summed E-state index contributed by atoms with van der Waals surface area (Å²) in [5.41, 5.74) is 3.19. The third-order valence-corrected chi connectivity index (χ3v) is 4.92. The SMILES string of the molecule is Cc1nc(N(C)C)nc2c1COC[C@]21CCN(c2ncccn2)C1. The van der Waals surface area contributed by atoms with Crippen LogP contribution in [0.3, 0.4) is 0 Å². The zero-order chi connectivity index (χ0) is 16.7. The van der Waals surface area contributed by atoms with Crippen molar-refractivity contribution in [2.24, 2.45) is 0 Å². The molecular weight excluding hydrogens is 304 g/mol. The van der Waals surface area contributed by atoms with Gasteiger partial charge in [0.05, 0.1) is 24.3 Å². The second-order valence-corrected chi connectivity index (χ2v) is 6.82.